The summed E-state index contributed by atoms with van der Waals surface area (Å²) in [7, 11) is 0. The predicted octanol–water partition coefficient (Wildman–Crippen LogP) is 1.76. The minimum Gasteiger partial charge on any atom is -0.432 e. The van der Waals surface area contributed by atoms with E-state index < -0.39 is 0 Å². The van der Waals surface area contributed by atoms with Crippen LogP contribution >= 0.6 is 11.3 Å². The fourth-order valence-electron chi connectivity index (χ4n) is 1.33. The van der Waals surface area contributed by atoms with Gasteiger partial charge in [0.05, 0.1) is 16.1 Å². The molecule has 90 valence electrons. The molecule has 2 heterocycles. The van der Waals surface area contributed by atoms with E-state index in [1.165, 1.54) is 6.20 Å². The summed E-state index contributed by atoms with van der Waals surface area (Å²) >= 11 is 1.60. The maximum Gasteiger partial charge on any atom is 0.233 e. The zero-order valence-electron chi connectivity index (χ0n) is 9.60. The molecule has 0 radical (unpaired) electrons. The molecule has 7 heteroatoms. The third kappa shape index (κ3) is 2.44. The molecule has 2 rings (SSSR count). The first-order valence-corrected chi connectivity index (χ1v) is 5.94. The molecule has 0 aliphatic rings. The monoisotopic (exact) mass is 251 g/mol. The molecule has 0 aliphatic heterocycles. The van der Waals surface area contributed by atoms with Gasteiger partial charge in [0.1, 0.15) is 0 Å². The van der Waals surface area contributed by atoms with E-state index in [0.29, 0.717) is 11.6 Å². The molecule has 0 bridgehead atoms. The summed E-state index contributed by atoms with van der Waals surface area (Å²) in [5.41, 5.74) is 11.1. The first-order valence-electron chi connectivity index (χ1n) is 5.12. The molecule has 2 aromatic heterocycles. The number of nitrogens with zero attached hydrogens (tertiary/aromatic N) is 3. The van der Waals surface area contributed by atoms with Gasteiger partial charge in [-0.25, -0.2) is 9.97 Å². The predicted molar refractivity (Wildman–Crippen MR) is 67.2 cm³/mol. The third-order valence-corrected chi connectivity index (χ3v) is 3.19. The maximum absolute atomic E-state index is 5.69. The number of aromatic nitrogens is 3. The van der Waals surface area contributed by atoms with Crippen LogP contribution < -0.4 is 16.2 Å². The molecular weight excluding hydrogens is 238 g/mol. The fourth-order valence-corrected chi connectivity index (χ4v) is 2.14. The fraction of sp³-hybridized carbons (Fsp3) is 0.300. The van der Waals surface area contributed by atoms with Crippen molar-refractivity contribution in [3.05, 3.63) is 16.1 Å². The molecular formula is C10H13N5OS. The Hall–Kier alpha value is -1.89. The Labute approximate surface area is 103 Å². The largest absolute Gasteiger partial charge is 0.432 e. The van der Waals surface area contributed by atoms with Crippen LogP contribution in [-0.2, 0) is 6.42 Å². The van der Waals surface area contributed by atoms with E-state index in [4.69, 9.17) is 16.2 Å². The molecule has 17 heavy (non-hydrogen) atoms. The molecule has 0 saturated heterocycles. The van der Waals surface area contributed by atoms with E-state index in [1.807, 2.05) is 13.8 Å². The van der Waals surface area contributed by atoms with Crippen LogP contribution in [0.3, 0.4) is 0 Å². The van der Waals surface area contributed by atoms with Crippen molar-refractivity contribution in [2.45, 2.75) is 20.3 Å². The smallest absolute Gasteiger partial charge is 0.233 e. The van der Waals surface area contributed by atoms with Crippen LogP contribution in [0.4, 0.5) is 11.8 Å². The minimum atomic E-state index is 0.125. The molecule has 0 unspecified atom stereocenters. The topological polar surface area (TPSA) is 99.9 Å². The molecule has 0 saturated carbocycles. The van der Waals surface area contributed by atoms with Gasteiger partial charge in [0.15, 0.2) is 11.6 Å². The number of rotatable bonds is 3. The van der Waals surface area contributed by atoms with E-state index in [0.717, 1.165) is 16.3 Å². The van der Waals surface area contributed by atoms with Crippen LogP contribution in [0.15, 0.2) is 6.20 Å². The van der Waals surface area contributed by atoms with Crippen molar-refractivity contribution in [1.82, 2.24) is 15.0 Å². The lowest BCUT2D eigenvalue weighted by molar-refractivity contribution is 0.459. The highest BCUT2D eigenvalue weighted by atomic mass is 32.1. The van der Waals surface area contributed by atoms with Gasteiger partial charge in [-0.3, -0.25) is 0 Å². The van der Waals surface area contributed by atoms with Crippen molar-refractivity contribution in [2.24, 2.45) is 0 Å². The van der Waals surface area contributed by atoms with Crippen LogP contribution in [-0.4, -0.2) is 15.0 Å². The van der Waals surface area contributed by atoms with Crippen LogP contribution in [0.2, 0.25) is 0 Å². The van der Waals surface area contributed by atoms with Gasteiger partial charge < -0.3 is 16.2 Å². The van der Waals surface area contributed by atoms with Crippen LogP contribution in [0.1, 0.15) is 16.8 Å². The Morgan fingerprint density at radius 2 is 2.12 bits per heavy atom. The lowest BCUT2D eigenvalue weighted by Gasteiger charge is -2.06. The van der Waals surface area contributed by atoms with Crippen molar-refractivity contribution in [1.29, 1.82) is 0 Å². The number of anilines is 2. The Kier molecular flexibility index (Phi) is 3.10. The number of hydrogen-bond donors (Lipinski definition) is 2. The third-order valence-electron chi connectivity index (χ3n) is 2.10. The zero-order chi connectivity index (χ0) is 12.4. The summed E-state index contributed by atoms with van der Waals surface area (Å²) in [6.45, 7) is 3.97. The first kappa shape index (κ1) is 11.6. The van der Waals surface area contributed by atoms with Crippen molar-refractivity contribution in [2.75, 3.05) is 11.5 Å². The van der Waals surface area contributed by atoms with Gasteiger partial charge in [0, 0.05) is 0 Å². The van der Waals surface area contributed by atoms with Crippen molar-refractivity contribution in [3.63, 3.8) is 0 Å². The molecule has 2 aromatic rings. The van der Waals surface area contributed by atoms with E-state index in [-0.39, 0.29) is 11.8 Å². The summed E-state index contributed by atoms with van der Waals surface area (Å²) in [6.07, 6.45) is 2.31. The summed E-state index contributed by atoms with van der Waals surface area (Å²) in [5.74, 6) is 1.28. The van der Waals surface area contributed by atoms with Crippen LogP contribution in [0.25, 0.3) is 0 Å². The Morgan fingerprint density at radius 1 is 1.35 bits per heavy atom. The molecule has 4 N–H and O–H groups in total. The maximum atomic E-state index is 5.69. The number of hydrogen-bond acceptors (Lipinski definition) is 7. The molecule has 6 nitrogen and oxygen atoms in total. The normalized spacial score (nSPS) is 10.5. The lowest BCUT2D eigenvalue weighted by atomic mass is 10.4. The van der Waals surface area contributed by atoms with Gasteiger partial charge in [0.25, 0.3) is 0 Å². The van der Waals surface area contributed by atoms with Crippen molar-refractivity contribution < 1.29 is 4.74 Å². The van der Waals surface area contributed by atoms with Crippen LogP contribution in [0, 0.1) is 6.92 Å². The van der Waals surface area contributed by atoms with Gasteiger partial charge in [-0.15, -0.1) is 11.3 Å². The summed E-state index contributed by atoms with van der Waals surface area (Å²) in [5, 5.41) is 0.951. The average molecular weight is 251 g/mol. The molecule has 0 aromatic carbocycles. The van der Waals surface area contributed by atoms with Gasteiger partial charge in [0.2, 0.25) is 11.8 Å². The van der Waals surface area contributed by atoms with Gasteiger partial charge in [-0.2, -0.15) is 4.98 Å². The molecule has 0 spiro atoms. The standard InChI is InChI=1S/C10H13N5OS/c1-3-7-9(14-5(2)17-7)16-6-4-13-10(12)15-8(6)11/h4H,3H2,1-2H3,(H4,11,12,13,15). The average Bonchev–Trinajstić information content (AvgIpc) is 2.63. The van der Waals surface area contributed by atoms with Gasteiger partial charge in [-0.05, 0) is 13.3 Å². The highest BCUT2D eigenvalue weighted by Gasteiger charge is 2.12. The van der Waals surface area contributed by atoms with Crippen molar-refractivity contribution >= 4 is 23.1 Å². The van der Waals surface area contributed by atoms with E-state index in [1.54, 1.807) is 11.3 Å². The molecule has 0 aliphatic carbocycles. The van der Waals surface area contributed by atoms with Crippen LogP contribution in [0.5, 0.6) is 11.6 Å². The molecule has 0 amide bonds. The SMILES string of the molecule is CCc1sc(C)nc1Oc1cnc(N)nc1N. The second kappa shape index (κ2) is 4.54. The second-order valence-electron chi connectivity index (χ2n) is 3.39. The number of nitrogens with two attached hydrogens (primary N) is 2. The Morgan fingerprint density at radius 3 is 2.76 bits per heavy atom. The second-order valence-corrected chi connectivity index (χ2v) is 4.68. The number of ether oxygens (including phenoxy) is 1. The number of nitrogen functional groups attached to an aromatic ring is 2. The highest BCUT2D eigenvalue weighted by Crippen LogP contribution is 2.31. The quantitative estimate of drug-likeness (QED) is 0.862. The Balaban J connectivity index is 2.30. The lowest BCUT2D eigenvalue weighted by Crippen LogP contribution is -2.01. The number of aryl methyl sites for hydroxylation is 2. The summed E-state index contributed by atoms with van der Waals surface area (Å²) in [6, 6.07) is 0. The minimum absolute atomic E-state index is 0.125. The van der Waals surface area contributed by atoms with E-state index in [9.17, 15) is 0 Å². The van der Waals surface area contributed by atoms with Gasteiger partial charge >= 0.3 is 0 Å². The Bertz CT molecular complexity index is 539. The van der Waals surface area contributed by atoms with E-state index >= 15 is 0 Å². The van der Waals surface area contributed by atoms with Gasteiger partial charge in [-0.1, -0.05) is 6.92 Å². The summed E-state index contributed by atoms with van der Waals surface area (Å²) < 4.78 is 5.60. The molecule has 0 atom stereocenters. The summed E-state index contributed by atoms with van der Waals surface area (Å²) in [4.78, 5) is 13.0. The van der Waals surface area contributed by atoms with E-state index in [2.05, 4.69) is 15.0 Å². The van der Waals surface area contributed by atoms with Crippen molar-refractivity contribution in [3.8, 4) is 11.6 Å². The number of thiazole rings is 1. The zero-order valence-corrected chi connectivity index (χ0v) is 10.4. The first-order chi connectivity index (χ1) is 8.10. The highest BCUT2D eigenvalue weighted by molar-refractivity contribution is 7.11. The molecule has 0 fully saturated rings.